The maximum atomic E-state index is 12.9. The quantitative estimate of drug-likeness (QED) is 0.499. The molecule has 2 aromatic rings. The molecule has 2 amide bonds. The Bertz CT molecular complexity index is 1030. The number of benzene rings is 2. The van der Waals surface area contributed by atoms with Gasteiger partial charge in [0.15, 0.2) is 0 Å². The minimum Gasteiger partial charge on any atom is -0.481 e. The third-order valence-corrected chi connectivity index (χ3v) is 6.14. The van der Waals surface area contributed by atoms with E-state index in [9.17, 15) is 19.5 Å². The topological polar surface area (TPSA) is 114 Å². The standard InChI is InChI=1S/C27H34N2O6/c1-16(25(31)32)17(2)28-24(30)23(15-35-27(3,4)5)29-26(33)34-14-22-20-12-8-6-10-18(20)19-11-7-9-13-21(19)22/h6-13,16-17,22-23H,14-15H2,1-5H3,(H,28,30)(H,29,33)(H,31,32)/t16?,17?,23-/m0/s1. The molecule has 8 nitrogen and oxygen atoms in total. The van der Waals surface area contributed by atoms with E-state index in [1.807, 2.05) is 57.2 Å². The molecule has 0 radical (unpaired) electrons. The highest BCUT2D eigenvalue weighted by Crippen LogP contribution is 2.44. The molecule has 0 aliphatic heterocycles. The second kappa shape index (κ2) is 10.9. The number of fused-ring (bicyclic) bond motifs is 3. The average molecular weight is 483 g/mol. The van der Waals surface area contributed by atoms with Crippen LogP contribution >= 0.6 is 0 Å². The lowest BCUT2D eigenvalue weighted by Gasteiger charge is -2.26. The van der Waals surface area contributed by atoms with Gasteiger partial charge in [-0.3, -0.25) is 9.59 Å². The molecule has 3 N–H and O–H groups in total. The van der Waals surface area contributed by atoms with E-state index in [2.05, 4.69) is 22.8 Å². The molecule has 35 heavy (non-hydrogen) atoms. The number of aliphatic carboxylic acids is 1. The van der Waals surface area contributed by atoms with E-state index in [1.54, 1.807) is 6.92 Å². The first-order valence-electron chi connectivity index (χ1n) is 11.8. The Morgan fingerprint density at radius 3 is 2.00 bits per heavy atom. The summed E-state index contributed by atoms with van der Waals surface area (Å²) < 4.78 is 11.3. The van der Waals surface area contributed by atoms with Gasteiger partial charge in [0.1, 0.15) is 12.6 Å². The van der Waals surface area contributed by atoms with Crippen LogP contribution in [0, 0.1) is 5.92 Å². The molecule has 3 atom stereocenters. The first-order chi connectivity index (χ1) is 16.5. The molecule has 2 aromatic carbocycles. The van der Waals surface area contributed by atoms with Gasteiger partial charge in [0.2, 0.25) is 5.91 Å². The second-order valence-electron chi connectivity index (χ2n) is 9.87. The van der Waals surface area contributed by atoms with Crippen LogP contribution in [-0.4, -0.2) is 54.0 Å². The molecule has 2 unspecified atom stereocenters. The first-order valence-corrected chi connectivity index (χ1v) is 11.8. The van der Waals surface area contributed by atoms with Crippen LogP contribution in [0.1, 0.15) is 51.7 Å². The van der Waals surface area contributed by atoms with Crippen LogP contribution in [0.2, 0.25) is 0 Å². The number of rotatable bonds is 9. The lowest BCUT2D eigenvalue weighted by atomic mass is 9.98. The van der Waals surface area contributed by atoms with Crippen LogP contribution in [0.5, 0.6) is 0 Å². The second-order valence-corrected chi connectivity index (χ2v) is 9.87. The summed E-state index contributed by atoms with van der Waals surface area (Å²) in [5.41, 5.74) is 3.87. The number of ether oxygens (including phenoxy) is 2. The smallest absolute Gasteiger partial charge is 0.407 e. The number of carbonyl (C=O) groups is 3. The van der Waals surface area contributed by atoms with Gasteiger partial charge < -0.3 is 25.2 Å². The molecule has 0 fully saturated rings. The summed E-state index contributed by atoms with van der Waals surface area (Å²) in [6, 6.07) is 14.4. The van der Waals surface area contributed by atoms with Crippen LogP contribution in [0.25, 0.3) is 11.1 Å². The fourth-order valence-electron chi connectivity index (χ4n) is 3.96. The summed E-state index contributed by atoms with van der Waals surface area (Å²) in [6.07, 6.45) is -0.747. The molecular weight excluding hydrogens is 448 g/mol. The summed E-state index contributed by atoms with van der Waals surface area (Å²) in [7, 11) is 0. The molecule has 0 saturated heterocycles. The highest BCUT2D eigenvalue weighted by Gasteiger charge is 2.31. The van der Waals surface area contributed by atoms with Gasteiger partial charge in [-0.1, -0.05) is 48.5 Å². The molecule has 0 spiro atoms. The number of hydrogen-bond acceptors (Lipinski definition) is 5. The molecule has 3 rings (SSSR count). The first kappa shape index (κ1) is 26.2. The van der Waals surface area contributed by atoms with E-state index in [4.69, 9.17) is 9.47 Å². The van der Waals surface area contributed by atoms with Crippen LogP contribution in [-0.2, 0) is 19.1 Å². The van der Waals surface area contributed by atoms with Gasteiger partial charge in [-0.25, -0.2) is 4.79 Å². The van der Waals surface area contributed by atoms with E-state index in [1.165, 1.54) is 6.92 Å². The monoisotopic (exact) mass is 482 g/mol. The van der Waals surface area contributed by atoms with Crippen molar-refractivity contribution in [2.75, 3.05) is 13.2 Å². The average Bonchev–Trinajstić information content (AvgIpc) is 3.12. The molecule has 1 aliphatic carbocycles. The van der Waals surface area contributed by atoms with Gasteiger partial charge in [-0.05, 0) is 56.9 Å². The Morgan fingerprint density at radius 1 is 0.943 bits per heavy atom. The molecule has 1 aliphatic rings. The van der Waals surface area contributed by atoms with Crippen molar-refractivity contribution in [1.29, 1.82) is 0 Å². The van der Waals surface area contributed by atoms with E-state index >= 15 is 0 Å². The van der Waals surface area contributed by atoms with Gasteiger partial charge >= 0.3 is 12.1 Å². The zero-order valence-electron chi connectivity index (χ0n) is 20.8. The minimum atomic E-state index is -1.05. The molecule has 8 heteroatoms. The lowest BCUT2D eigenvalue weighted by Crippen LogP contribution is -2.53. The van der Waals surface area contributed by atoms with E-state index in [0.717, 1.165) is 22.3 Å². The number of carboxylic acids is 1. The SMILES string of the molecule is CC(NC(=O)[C@H](COC(C)(C)C)NC(=O)OCC1c2ccccc2-c2ccccc21)C(C)C(=O)O. The van der Waals surface area contributed by atoms with Crippen molar-refractivity contribution in [3.63, 3.8) is 0 Å². The fraction of sp³-hybridized carbons (Fsp3) is 0.444. The van der Waals surface area contributed by atoms with Gasteiger partial charge in [-0.15, -0.1) is 0 Å². The highest BCUT2D eigenvalue weighted by molar-refractivity contribution is 5.86. The zero-order valence-corrected chi connectivity index (χ0v) is 20.8. The number of nitrogens with one attached hydrogen (secondary N) is 2. The number of carboxylic acid groups (broad SMARTS) is 1. The Kier molecular flexibility index (Phi) is 8.17. The third kappa shape index (κ3) is 6.60. The van der Waals surface area contributed by atoms with E-state index in [-0.39, 0.29) is 19.1 Å². The third-order valence-electron chi connectivity index (χ3n) is 6.14. The van der Waals surface area contributed by atoms with Gasteiger partial charge in [0.05, 0.1) is 18.1 Å². The number of carbonyl (C=O) groups excluding carboxylic acids is 2. The Labute approximate surface area is 206 Å². The largest absolute Gasteiger partial charge is 0.481 e. The fourth-order valence-corrected chi connectivity index (χ4v) is 3.96. The molecule has 0 saturated carbocycles. The van der Waals surface area contributed by atoms with Crippen molar-refractivity contribution >= 4 is 18.0 Å². The predicted octanol–water partition coefficient (Wildman–Crippen LogP) is 3.93. The number of amides is 2. The molecule has 0 bridgehead atoms. The maximum Gasteiger partial charge on any atom is 0.407 e. The zero-order chi connectivity index (χ0) is 25.8. The molecule has 0 heterocycles. The summed E-state index contributed by atoms with van der Waals surface area (Å²) in [4.78, 5) is 36.8. The number of alkyl carbamates (subject to hydrolysis) is 1. The summed E-state index contributed by atoms with van der Waals surface area (Å²) in [5.74, 6) is -2.46. The van der Waals surface area contributed by atoms with Crippen molar-refractivity contribution < 1.29 is 29.0 Å². The van der Waals surface area contributed by atoms with Crippen molar-refractivity contribution in [3.8, 4) is 11.1 Å². The van der Waals surface area contributed by atoms with Crippen molar-refractivity contribution in [3.05, 3.63) is 59.7 Å². The van der Waals surface area contributed by atoms with Crippen LogP contribution in [0.15, 0.2) is 48.5 Å². The lowest BCUT2D eigenvalue weighted by molar-refractivity contribution is -0.142. The Morgan fingerprint density at radius 2 is 1.49 bits per heavy atom. The van der Waals surface area contributed by atoms with Crippen LogP contribution < -0.4 is 10.6 Å². The summed E-state index contributed by atoms with van der Waals surface area (Å²) in [5, 5.41) is 14.5. The highest BCUT2D eigenvalue weighted by atomic mass is 16.5. The van der Waals surface area contributed by atoms with Crippen molar-refractivity contribution in [1.82, 2.24) is 10.6 Å². The maximum absolute atomic E-state index is 12.9. The van der Waals surface area contributed by atoms with Crippen LogP contribution in [0.4, 0.5) is 4.79 Å². The van der Waals surface area contributed by atoms with E-state index in [0.29, 0.717) is 0 Å². The minimum absolute atomic E-state index is 0.0896. The molecule has 188 valence electrons. The molecular formula is C27H34N2O6. The van der Waals surface area contributed by atoms with Gasteiger partial charge in [-0.2, -0.15) is 0 Å². The van der Waals surface area contributed by atoms with Crippen LogP contribution in [0.3, 0.4) is 0 Å². The van der Waals surface area contributed by atoms with Gasteiger partial charge in [0.25, 0.3) is 0 Å². The Balaban J connectivity index is 1.67. The summed E-state index contributed by atoms with van der Waals surface area (Å²) in [6.45, 7) is 8.65. The number of hydrogen-bond donors (Lipinski definition) is 3. The predicted molar refractivity (Wildman–Crippen MR) is 132 cm³/mol. The van der Waals surface area contributed by atoms with Crippen molar-refractivity contribution in [2.24, 2.45) is 5.92 Å². The Hall–Kier alpha value is -3.39. The van der Waals surface area contributed by atoms with Gasteiger partial charge in [0, 0.05) is 12.0 Å². The van der Waals surface area contributed by atoms with Crippen molar-refractivity contribution in [2.45, 2.75) is 58.2 Å². The normalized spacial score (nSPS) is 15.3. The van der Waals surface area contributed by atoms with E-state index < -0.39 is 41.6 Å². The molecule has 0 aromatic heterocycles. The summed E-state index contributed by atoms with van der Waals surface area (Å²) >= 11 is 0.